The molecule has 0 saturated heterocycles. The van der Waals surface area contributed by atoms with Crippen LogP contribution in [0.5, 0.6) is 0 Å². The van der Waals surface area contributed by atoms with Gasteiger partial charge in [0.25, 0.3) is 0 Å². The molecule has 5 heteroatoms. The molecule has 0 bridgehead atoms. The Morgan fingerprint density at radius 1 is 1.21 bits per heavy atom. The maximum absolute atomic E-state index is 12.0. The smallest absolute Gasteiger partial charge is 0.182 e. The number of hydrogen-bond acceptors (Lipinski definition) is 2. The predicted octanol–water partition coefficient (Wildman–Crippen LogP) is 3.39. The zero-order valence-corrected chi connectivity index (χ0v) is 12.9. The number of nitrogens with one attached hydrogen (secondary N) is 1. The fraction of sp³-hybridized carbons (Fsp3) is 0.143. The summed E-state index contributed by atoms with van der Waals surface area (Å²) in [4.78, 5) is 12.0. The molecule has 1 aromatic carbocycles. The van der Waals surface area contributed by atoms with Crippen LogP contribution >= 0.6 is 28.6 Å². The molecule has 0 saturated carbocycles. The molecule has 1 N–H and O–H groups in total. The van der Waals surface area contributed by atoms with Crippen LogP contribution in [0.25, 0.3) is 0 Å². The summed E-state index contributed by atoms with van der Waals surface area (Å²) in [5.74, 6) is -0.0317. The van der Waals surface area contributed by atoms with Crippen molar-refractivity contribution in [3.8, 4) is 0 Å². The molecule has 2 aromatic rings. The van der Waals surface area contributed by atoms with Crippen molar-refractivity contribution < 1.29 is 4.79 Å². The van der Waals surface area contributed by atoms with Gasteiger partial charge in [-0.3, -0.25) is 10.2 Å². The molecule has 19 heavy (non-hydrogen) atoms. The number of rotatable bonds is 3. The lowest BCUT2D eigenvalue weighted by molar-refractivity contribution is 0.0970. The highest BCUT2D eigenvalue weighted by atomic mass is 79.9. The first-order valence-electron chi connectivity index (χ1n) is 5.57. The minimum atomic E-state index is -0.0317. The third-order valence-electron chi connectivity index (χ3n) is 2.68. The van der Waals surface area contributed by atoms with Crippen LogP contribution in [0, 0.1) is 12.3 Å². The maximum Gasteiger partial charge on any atom is 0.182 e. The summed E-state index contributed by atoms with van der Waals surface area (Å²) < 4.78 is 1.53. The molecule has 0 aliphatic carbocycles. The highest BCUT2D eigenvalue weighted by Gasteiger charge is 2.06. The average molecular weight is 342 g/mol. The summed E-state index contributed by atoms with van der Waals surface area (Å²) in [6.45, 7) is 2.10. The van der Waals surface area contributed by atoms with Crippen molar-refractivity contribution in [1.29, 1.82) is 5.41 Å². The Kier molecular flexibility index (Phi) is 5.51. The van der Waals surface area contributed by atoms with Gasteiger partial charge in [-0.05, 0) is 19.1 Å². The van der Waals surface area contributed by atoms with Gasteiger partial charge in [-0.25, -0.2) is 0 Å². The highest BCUT2D eigenvalue weighted by molar-refractivity contribution is 8.93. The zero-order chi connectivity index (χ0) is 13.1. The molecule has 0 amide bonds. The molecule has 0 radical (unpaired) electrons. The van der Waals surface area contributed by atoms with E-state index in [4.69, 9.17) is 17.0 Å². The summed E-state index contributed by atoms with van der Waals surface area (Å²) in [5, 5.41) is 8.23. The fourth-order valence-electron chi connectivity index (χ4n) is 1.63. The van der Waals surface area contributed by atoms with Gasteiger partial charge in [-0.2, -0.15) is 0 Å². The van der Waals surface area contributed by atoms with Gasteiger partial charge in [0.2, 0.25) is 0 Å². The summed E-state index contributed by atoms with van der Waals surface area (Å²) in [6, 6.07) is 10.6. The number of nitrogens with zero attached hydrogens (tertiary/aromatic N) is 1. The van der Waals surface area contributed by atoms with Crippen LogP contribution in [0.1, 0.15) is 15.9 Å². The predicted molar refractivity (Wildman–Crippen MR) is 81.1 cm³/mol. The van der Waals surface area contributed by atoms with E-state index < -0.39 is 0 Å². The van der Waals surface area contributed by atoms with E-state index >= 15 is 0 Å². The maximum atomic E-state index is 12.0. The molecule has 100 valence electrons. The van der Waals surface area contributed by atoms with Crippen molar-refractivity contribution in [1.82, 2.24) is 4.57 Å². The number of halogens is 2. The quantitative estimate of drug-likeness (QED) is 0.855. The minimum Gasteiger partial charge on any atom is -0.324 e. The Morgan fingerprint density at radius 2 is 1.84 bits per heavy atom. The van der Waals surface area contributed by atoms with Gasteiger partial charge in [-0.1, -0.05) is 41.4 Å². The molecule has 0 unspecified atom stereocenters. The third-order valence-corrected chi connectivity index (χ3v) is 2.90. The van der Waals surface area contributed by atoms with Gasteiger partial charge in [0.1, 0.15) is 5.49 Å². The number of pyridine rings is 1. The average Bonchev–Trinajstić information content (AvgIpc) is 2.34. The van der Waals surface area contributed by atoms with Gasteiger partial charge < -0.3 is 4.57 Å². The number of carbonyl (C=O) groups excluding carboxylic acids is 1. The molecule has 1 heterocycles. The SMILES string of the molecule is Br.Cc1ccc(C(=O)Cn2cc(Cl)ccc2=N)cc1. The van der Waals surface area contributed by atoms with E-state index in [2.05, 4.69) is 0 Å². The minimum absolute atomic E-state index is 0. The van der Waals surface area contributed by atoms with Crippen LogP contribution in [-0.2, 0) is 6.54 Å². The highest BCUT2D eigenvalue weighted by Crippen LogP contribution is 2.07. The molecular formula is C14H14BrClN2O. The van der Waals surface area contributed by atoms with Crippen molar-refractivity contribution in [3.63, 3.8) is 0 Å². The summed E-state index contributed by atoms with van der Waals surface area (Å²) in [7, 11) is 0. The van der Waals surface area contributed by atoms with Crippen molar-refractivity contribution in [3.05, 3.63) is 64.2 Å². The summed E-state index contributed by atoms with van der Waals surface area (Å²) in [5.41, 5.74) is 2.02. The molecule has 0 aliphatic rings. The van der Waals surface area contributed by atoms with Gasteiger partial charge in [0, 0.05) is 11.8 Å². The number of aromatic nitrogens is 1. The second-order valence-corrected chi connectivity index (χ2v) is 4.59. The first-order valence-corrected chi connectivity index (χ1v) is 5.94. The van der Waals surface area contributed by atoms with Crippen LogP contribution in [-0.4, -0.2) is 10.4 Å². The Balaban J connectivity index is 0.00000180. The van der Waals surface area contributed by atoms with E-state index in [1.807, 2.05) is 19.1 Å². The Labute approximate surface area is 127 Å². The second kappa shape index (κ2) is 6.68. The molecule has 0 aliphatic heterocycles. The topological polar surface area (TPSA) is 45.9 Å². The Bertz CT molecular complexity index is 635. The number of carbonyl (C=O) groups is 1. The summed E-state index contributed by atoms with van der Waals surface area (Å²) in [6.07, 6.45) is 1.59. The molecule has 0 fully saturated rings. The number of aryl methyl sites for hydroxylation is 1. The normalized spacial score (nSPS) is 9.79. The number of ketones is 1. The van der Waals surface area contributed by atoms with E-state index in [0.717, 1.165) is 5.56 Å². The fourth-order valence-corrected chi connectivity index (χ4v) is 1.81. The third kappa shape index (κ3) is 4.04. The van der Waals surface area contributed by atoms with Gasteiger partial charge >= 0.3 is 0 Å². The van der Waals surface area contributed by atoms with E-state index in [-0.39, 0.29) is 34.8 Å². The second-order valence-electron chi connectivity index (χ2n) is 4.15. The molecule has 0 atom stereocenters. The van der Waals surface area contributed by atoms with E-state index in [1.54, 1.807) is 30.5 Å². The van der Waals surface area contributed by atoms with Crippen molar-refractivity contribution in [2.45, 2.75) is 13.5 Å². The Morgan fingerprint density at radius 3 is 2.47 bits per heavy atom. The lowest BCUT2D eigenvalue weighted by atomic mass is 10.1. The molecule has 1 aromatic heterocycles. The number of hydrogen-bond donors (Lipinski definition) is 1. The van der Waals surface area contributed by atoms with Crippen LogP contribution in [0.3, 0.4) is 0 Å². The van der Waals surface area contributed by atoms with Crippen LogP contribution in [0.4, 0.5) is 0 Å². The van der Waals surface area contributed by atoms with Gasteiger partial charge in [0.15, 0.2) is 5.78 Å². The van der Waals surface area contributed by atoms with Gasteiger partial charge in [0.05, 0.1) is 11.6 Å². The number of Topliss-reactive ketones (excluding diaryl/α,β-unsaturated/α-hetero) is 1. The van der Waals surface area contributed by atoms with E-state index in [0.29, 0.717) is 10.6 Å². The monoisotopic (exact) mass is 340 g/mol. The first kappa shape index (κ1) is 15.7. The lowest BCUT2D eigenvalue weighted by Crippen LogP contribution is -2.23. The largest absolute Gasteiger partial charge is 0.324 e. The standard InChI is InChI=1S/C14H13ClN2O.BrH/c1-10-2-4-11(5-3-10)13(18)9-17-8-12(15)6-7-14(17)16;/h2-8,16H,9H2,1H3;1H. The first-order chi connectivity index (χ1) is 8.56. The van der Waals surface area contributed by atoms with Gasteiger partial charge in [-0.15, -0.1) is 17.0 Å². The lowest BCUT2D eigenvalue weighted by Gasteiger charge is -2.07. The van der Waals surface area contributed by atoms with E-state index in [1.165, 1.54) is 4.57 Å². The van der Waals surface area contributed by atoms with Crippen LogP contribution in [0.2, 0.25) is 5.02 Å². The van der Waals surface area contributed by atoms with Crippen LogP contribution < -0.4 is 5.49 Å². The van der Waals surface area contributed by atoms with E-state index in [9.17, 15) is 4.79 Å². The van der Waals surface area contributed by atoms with Crippen molar-refractivity contribution in [2.75, 3.05) is 0 Å². The van der Waals surface area contributed by atoms with Crippen LogP contribution in [0.15, 0.2) is 42.6 Å². The molecule has 0 spiro atoms. The molecular weight excluding hydrogens is 328 g/mol. The van der Waals surface area contributed by atoms with Crippen molar-refractivity contribution >= 4 is 34.4 Å². The summed E-state index contributed by atoms with van der Waals surface area (Å²) >= 11 is 5.85. The van der Waals surface area contributed by atoms with Crippen molar-refractivity contribution in [2.24, 2.45) is 0 Å². The molecule has 2 rings (SSSR count). The Hall–Kier alpha value is -1.39. The molecule has 3 nitrogen and oxygen atoms in total. The zero-order valence-electron chi connectivity index (χ0n) is 10.4. The number of benzene rings is 1.